The van der Waals surface area contributed by atoms with Crippen molar-refractivity contribution < 1.29 is 22.7 Å². The van der Waals surface area contributed by atoms with E-state index < -0.39 is 23.2 Å². The van der Waals surface area contributed by atoms with Gasteiger partial charge in [0.25, 0.3) is 5.91 Å². The molecule has 1 fully saturated rings. The number of alkyl halides is 3. The normalized spacial score (nSPS) is 21.0. The summed E-state index contributed by atoms with van der Waals surface area (Å²) >= 11 is 0. The fourth-order valence-electron chi connectivity index (χ4n) is 4.76. The van der Waals surface area contributed by atoms with Crippen LogP contribution in [0.4, 0.5) is 18.9 Å². The highest BCUT2D eigenvalue weighted by Crippen LogP contribution is 2.42. The maximum absolute atomic E-state index is 13.3. The minimum absolute atomic E-state index is 0.104. The van der Waals surface area contributed by atoms with Crippen molar-refractivity contribution in [3.05, 3.63) is 58.7 Å². The first-order chi connectivity index (χ1) is 14.8. The molecule has 0 bridgehead atoms. The number of amides is 1. The van der Waals surface area contributed by atoms with Crippen LogP contribution in [0.2, 0.25) is 0 Å². The minimum atomic E-state index is -4.63. The van der Waals surface area contributed by atoms with E-state index in [-0.39, 0.29) is 11.3 Å². The number of nitrogens with zero attached hydrogens (tertiary/aromatic N) is 1. The Morgan fingerprint density at radius 3 is 2.68 bits per heavy atom. The lowest BCUT2D eigenvalue weighted by Crippen LogP contribution is -2.42. The van der Waals surface area contributed by atoms with Crippen molar-refractivity contribution >= 4 is 17.8 Å². The van der Waals surface area contributed by atoms with Crippen LogP contribution in [0.1, 0.15) is 46.3 Å². The minimum Gasteiger partial charge on any atom is -0.496 e. The predicted molar refractivity (Wildman–Crippen MR) is 112 cm³/mol. The van der Waals surface area contributed by atoms with Gasteiger partial charge in [-0.1, -0.05) is 6.07 Å². The molecule has 5 nitrogen and oxygen atoms in total. The maximum atomic E-state index is 13.3. The van der Waals surface area contributed by atoms with Crippen molar-refractivity contribution in [3.8, 4) is 5.75 Å². The summed E-state index contributed by atoms with van der Waals surface area (Å²) in [5.41, 5.74) is 1.08. The second kappa shape index (κ2) is 8.00. The Kier molecular flexibility index (Phi) is 5.51. The van der Waals surface area contributed by atoms with Crippen LogP contribution in [0.5, 0.6) is 5.75 Å². The first-order valence-corrected chi connectivity index (χ1v) is 10.3. The van der Waals surface area contributed by atoms with Crippen LogP contribution in [0, 0.1) is 5.41 Å². The monoisotopic (exact) mass is 431 g/mol. The average molecular weight is 431 g/mol. The van der Waals surface area contributed by atoms with Gasteiger partial charge in [-0.25, -0.2) is 0 Å². The molecule has 1 atom stereocenters. The first-order valence-electron chi connectivity index (χ1n) is 10.3. The number of carbonyl (C=O) groups excluding carboxylic acids is 1. The smallest absolute Gasteiger partial charge is 0.419 e. The third-order valence-electron chi connectivity index (χ3n) is 6.26. The highest BCUT2D eigenvalue weighted by atomic mass is 19.4. The van der Waals surface area contributed by atoms with E-state index in [4.69, 9.17) is 10.1 Å². The molecular weight excluding hydrogens is 407 g/mol. The van der Waals surface area contributed by atoms with Crippen molar-refractivity contribution in [1.82, 2.24) is 4.90 Å². The number of anilines is 1. The first kappa shape index (κ1) is 21.4. The van der Waals surface area contributed by atoms with Gasteiger partial charge >= 0.3 is 6.18 Å². The summed E-state index contributed by atoms with van der Waals surface area (Å²) in [7, 11) is 1.16. The van der Waals surface area contributed by atoms with Gasteiger partial charge in [-0.3, -0.25) is 9.69 Å². The number of hydrogen-bond acceptors (Lipinski definition) is 4. The molecule has 31 heavy (non-hydrogen) atoms. The van der Waals surface area contributed by atoms with Gasteiger partial charge in [0.1, 0.15) is 5.75 Å². The van der Waals surface area contributed by atoms with E-state index in [1.54, 1.807) is 6.07 Å². The zero-order valence-corrected chi connectivity index (χ0v) is 17.2. The van der Waals surface area contributed by atoms with Gasteiger partial charge < -0.3 is 15.5 Å². The molecule has 0 aliphatic carbocycles. The van der Waals surface area contributed by atoms with E-state index in [9.17, 15) is 18.0 Å². The van der Waals surface area contributed by atoms with Crippen LogP contribution < -0.4 is 10.1 Å². The lowest BCUT2D eigenvalue weighted by molar-refractivity contribution is -0.138. The molecule has 2 aromatic rings. The van der Waals surface area contributed by atoms with Gasteiger partial charge in [0.2, 0.25) is 0 Å². The summed E-state index contributed by atoms with van der Waals surface area (Å²) in [6.45, 7) is 1.84. The summed E-state index contributed by atoms with van der Waals surface area (Å²) < 4.78 is 44.7. The van der Waals surface area contributed by atoms with Crippen LogP contribution >= 0.6 is 0 Å². The number of rotatable bonds is 4. The summed E-state index contributed by atoms with van der Waals surface area (Å²) in [6, 6.07) is 8.85. The number of benzene rings is 2. The Balaban J connectivity index is 1.66. The number of ether oxygens (including phenoxy) is 1. The number of fused-ring (bicyclic) bond motifs is 3. The summed E-state index contributed by atoms with van der Waals surface area (Å²) in [4.78, 5) is 15.0. The van der Waals surface area contributed by atoms with Crippen molar-refractivity contribution in [2.45, 2.75) is 37.4 Å². The van der Waals surface area contributed by atoms with Crippen molar-refractivity contribution in [2.24, 2.45) is 0 Å². The SMILES string of the molecule is COc1ccc(C(=O)Nc2ccc3c(c2)C2(C=N)CCCN2CCC3)cc1C(F)(F)F. The molecule has 1 amide bonds. The highest BCUT2D eigenvalue weighted by molar-refractivity contribution is 6.04. The molecule has 2 aromatic carbocycles. The largest absolute Gasteiger partial charge is 0.496 e. The van der Waals surface area contributed by atoms with Gasteiger partial charge in [-0.05, 0) is 80.2 Å². The van der Waals surface area contributed by atoms with Crippen molar-refractivity contribution in [3.63, 3.8) is 0 Å². The van der Waals surface area contributed by atoms with Gasteiger partial charge in [0, 0.05) is 17.5 Å². The molecule has 164 valence electrons. The van der Waals surface area contributed by atoms with Crippen LogP contribution in [0.15, 0.2) is 36.4 Å². The number of halogens is 3. The van der Waals surface area contributed by atoms with Crippen molar-refractivity contribution in [1.29, 1.82) is 5.41 Å². The summed E-state index contributed by atoms with van der Waals surface area (Å²) in [5, 5.41) is 10.9. The highest BCUT2D eigenvalue weighted by Gasteiger charge is 2.43. The van der Waals surface area contributed by atoms with Gasteiger partial charge in [-0.2, -0.15) is 13.2 Å². The molecule has 2 N–H and O–H groups in total. The average Bonchev–Trinajstić information content (AvgIpc) is 3.10. The van der Waals surface area contributed by atoms with Crippen LogP contribution in [-0.4, -0.2) is 37.2 Å². The molecule has 4 rings (SSSR count). The lowest BCUT2D eigenvalue weighted by Gasteiger charge is -2.35. The van der Waals surface area contributed by atoms with E-state index >= 15 is 0 Å². The van der Waals surface area contributed by atoms with Crippen molar-refractivity contribution in [2.75, 3.05) is 25.5 Å². The Hall–Kier alpha value is -2.87. The van der Waals surface area contributed by atoms with Gasteiger partial charge in [-0.15, -0.1) is 0 Å². The standard InChI is InChI=1S/C23H24F3N3O2/c1-31-20-8-6-16(12-19(20)23(24,25)26)21(30)28-17-7-5-15-4-2-10-29-11-3-9-22(29,14-27)18(15)13-17/h5-8,12-14,27H,2-4,9-11H2,1H3,(H,28,30). The lowest BCUT2D eigenvalue weighted by atomic mass is 9.85. The van der Waals surface area contributed by atoms with Crippen LogP contribution in [-0.2, 0) is 18.1 Å². The molecule has 1 unspecified atom stereocenters. The zero-order chi connectivity index (χ0) is 22.2. The van der Waals surface area contributed by atoms with Crippen LogP contribution in [0.3, 0.4) is 0 Å². The maximum Gasteiger partial charge on any atom is 0.419 e. The Labute approximate surface area is 178 Å². The third kappa shape index (κ3) is 3.80. The molecule has 0 saturated carbocycles. The fraction of sp³-hybridized carbons (Fsp3) is 0.391. The molecule has 0 spiro atoms. The molecule has 1 saturated heterocycles. The number of nitrogens with one attached hydrogen (secondary N) is 2. The third-order valence-corrected chi connectivity index (χ3v) is 6.26. The zero-order valence-electron chi connectivity index (χ0n) is 17.2. The molecular formula is C23H24F3N3O2. The van der Waals surface area contributed by atoms with E-state index in [1.807, 2.05) is 12.1 Å². The molecule has 2 aliphatic heterocycles. The molecule has 2 aliphatic rings. The molecule has 0 radical (unpaired) electrons. The van der Waals surface area contributed by atoms with Crippen LogP contribution in [0.25, 0.3) is 0 Å². The topological polar surface area (TPSA) is 65.4 Å². The summed E-state index contributed by atoms with van der Waals surface area (Å²) in [5.74, 6) is -0.961. The summed E-state index contributed by atoms with van der Waals surface area (Å²) in [6.07, 6.45) is 0.595. The molecule has 2 heterocycles. The van der Waals surface area contributed by atoms with Gasteiger partial charge in [0.05, 0.1) is 18.2 Å². The molecule has 8 heteroatoms. The quantitative estimate of drug-likeness (QED) is 0.680. The van der Waals surface area contributed by atoms with E-state index in [0.717, 1.165) is 69.1 Å². The Morgan fingerprint density at radius 1 is 1.19 bits per heavy atom. The predicted octanol–water partition coefficient (Wildman–Crippen LogP) is 4.85. The number of aryl methyl sites for hydroxylation is 1. The molecule has 0 aromatic heterocycles. The van der Waals surface area contributed by atoms with Gasteiger partial charge in [0.15, 0.2) is 0 Å². The second-order valence-corrected chi connectivity index (χ2v) is 8.00. The number of methoxy groups -OCH3 is 1. The fourth-order valence-corrected chi connectivity index (χ4v) is 4.76. The van der Waals surface area contributed by atoms with E-state index in [2.05, 4.69) is 10.2 Å². The number of carbonyl (C=O) groups is 1. The Bertz CT molecular complexity index is 1020. The van der Waals surface area contributed by atoms with E-state index in [1.165, 1.54) is 12.3 Å². The Morgan fingerprint density at radius 2 is 1.97 bits per heavy atom. The number of hydrogen-bond donors (Lipinski definition) is 2. The van der Waals surface area contributed by atoms with E-state index in [0.29, 0.717) is 5.69 Å². The second-order valence-electron chi connectivity index (χ2n) is 8.00.